The third-order valence-corrected chi connectivity index (χ3v) is 6.64. The van der Waals surface area contributed by atoms with Crippen LogP contribution in [0, 0.1) is 0 Å². The summed E-state index contributed by atoms with van der Waals surface area (Å²) >= 11 is 0.607. The van der Waals surface area contributed by atoms with E-state index in [0.717, 1.165) is 48.6 Å². The summed E-state index contributed by atoms with van der Waals surface area (Å²) in [6.07, 6.45) is 1.66. The van der Waals surface area contributed by atoms with E-state index in [0.29, 0.717) is 31.0 Å². The Kier molecular flexibility index (Phi) is 5.60. The van der Waals surface area contributed by atoms with Gasteiger partial charge in [0.2, 0.25) is 5.91 Å². The highest BCUT2D eigenvalue weighted by molar-refractivity contribution is 7.66. The Labute approximate surface area is 173 Å². The first-order valence-corrected chi connectivity index (χ1v) is 10.6. The van der Waals surface area contributed by atoms with Crippen molar-refractivity contribution in [3.8, 4) is 0 Å². The number of nitrogens with zero attached hydrogens (tertiary/aromatic N) is 2. The molecular formula is C20H25N3O5S. The van der Waals surface area contributed by atoms with Crippen LogP contribution in [0.3, 0.4) is 0 Å². The number of cyclic esters (lactones) is 1. The summed E-state index contributed by atoms with van der Waals surface area (Å²) in [6.45, 7) is 4.46. The van der Waals surface area contributed by atoms with Gasteiger partial charge in [-0.3, -0.25) is 9.69 Å². The average molecular weight is 420 g/mol. The topological polar surface area (TPSA) is 88.2 Å². The molecule has 0 radical (unpaired) electrons. The largest absolute Gasteiger partial charge is 0.442 e. The molecule has 1 atom stereocenters. The highest BCUT2D eigenvalue weighted by atomic mass is 32.1. The van der Waals surface area contributed by atoms with E-state index in [1.807, 2.05) is 24.3 Å². The molecule has 0 aliphatic carbocycles. The van der Waals surface area contributed by atoms with E-state index in [1.165, 1.54) is 6.92 Å². The van der Waals surface area contributed by atoms with Crippen LogP contribution in [-0.2, 0) is 25.5 Å². The Hall–Kier alpha value is -2.39. The van der Waals surface area contributed by atoms with E-state index in [4.69, 9.17) is 9.47 Å². The zero-order valence-electron chi connectivity index (χ0n) is 16.4. The van der Waals surface area contributed by atoms with E-state index in [2.05, 4.69) is 10.2 Å². The molecule has 3 fully saturated rings. The van der Waals surface area contributed by atoms with Crippen LogP contribution in [0.25, 0.3) is 0 Å². The van der Waals surface area contributed by atoms with Gasteiger partial charge in [0, 0.05) is 37.8 Å². The van der Waals surface area contributed by atoms with Crippen molar-refractivity contribution in [2.45, 2.75) is 37.9 Å². The summed E-state index contributed by atoms with van der Waals surface area (Å²) in [6, 6.07) is 7.84. The Morgan fingerprint density at radius 1 is 1.24 bits per heavy atom. The fourth-order valence-electron chi connectivity index (χ4n) is 4.25. The van der Waals surface area contributed by atoms with Gasteiger partial charge >= 0.3 is 6.09 Å². The van der Waals surface area contributed by atoms with Crippen LogP contribution in [0.2, 0.25) is 0 Å². The van der Waals surface area contributed by atoms with Crippen LogP contribution >= 0.6 is 0 Å². The second-order valence-electron chi connectivity index (χ2n) is 7.66. The highest BCUT2D eigenvalue weighted by Crippen LogP contribution is 2.35. The number of ether oxygens (including phenoxy) is 2. The molecule has 2 amide bonds. The van der Waals surface area contributed by atoms with Gasteiger partial charge in [0.05, 0.1) is 35.8 Å². The first-order chi connectivity index (χ1) is 14.0. The SMILES string of the molecule is CC(=O)NC[C@H]1CN(c2ccc(N3CCC4(CC3)OCCC4=S=O)cc2)C(=O)O1. The second kappa shape index (κ2) is 8.16. The molecule has 3 aliphatic heterocycles. The molecule has 0 saturated carbocycles. The summed E-state index contributed by atoms with van der Waals surface area (Å²) < 4.78 is 22.6. The number of piperidine rings is 1. The van der Waals surface area contributed by atoms with Crippen LogP contribution in [0.1, 0.15) is 26.2 Å². The lowest BCUT2D eigenvalue weighted by atomic mass is 9.88. The second-order valence-corrected chi connectivity index (χ2v) is 8.32. The minimum Gasteiger partial charge on any atom is -0.442 e. The number of hydrogen-bond donors (Lipinski definition) is 1. The smallest absolute Gasteiger partial charge is 0.414 e. The normalized spacial score (nSPS) is 23.4. The molecular weight excluding hydrogens is 394 g/mol. The van der Waals surface area contributed by atoms with Gasteiger partial charge in [-0.1, -0.05) is 0 Å². The van der Waals surface area contributed by atoms with Gasteiger partial charge in [-0.05, 0) is 37.1 Å². The Morgan fingerprint density at radius 2 is 1.93 bits per heavy atom. The van der Waals surface area contributed by atoms with Crippen LogP contribution < -0.4 is 15.1 Å². The molecule has 1 aromatic carbocycles. The van der Waals surface area contributed by atoms with Crippen molar-refractivity contribution < 1.29 is 23.3 Å². The number of benzene rings is 1. The minimum atomic E-state index is -0.399. The number of rotatable bonds is 4. The van der Waals surface area contributed by atoms with Crippen molar-refractivity contribution in [1.82, 2.24) is 5.32 Å². The fraction of sp³-hybridized carbons (Fsp3) is 0.550. The van der Waals surface area contributed by atoms with Crippen LogP contribution in [0.5, 0.6) is 0 Å². The molecule has 0 bridgehead atoms. The molecule has 29 heavy (non-hydrogen) atoms. The van der Waals surface area contributed by atoms with Crippen molar-refractivity contribution in [2.75, 3.05) is 42.6 Å². The van der Waals surface area contributed by atoms with Crippen LogP contribution in [-0.4, -0.2) is 65.6 Å². The Morgan fingerprint density at radius 3 is 2.59 bits per heavy atom. The van der Waals surface area contributed by atoms with Crippen molar-refractivity contribution >= 4 is 39.5 Å². The maximum absolute atomic E-state index is 12.2. The fourth-order valence-corrected chi connectivity index (χ4v) is 4.84. The molecule has 1 spiro atoms. The standard InChI is InChI=1S/C20H25N3O5S/c1-14(24)21-12-17-13-23(19(25)28-17)16-4-2-15(3-5-16)22-9-7-20(8-10-22)18(29-26)6-11-27-20/h2-5,17H,6-13H2,1H3,(H,21,24)/t17-/m0/s1. The van der Waals surface area contributed by atoms with Gasteiger partial charge in [-0.25, -0.2) is 9.00 Å². The zero-order valence-corrected chi connectivity index (χ0v) is 17.2. The number of carbonyl (C=O) groups excluding carboxylic acids is 2. The molecule has 8 nitrogen and oxygen atoms in total. The van der Waals surface area contributed by atoms with E-state index < -0.39 is 6.09 Å². The number of amides is 2. The Bertz CT molecular complexity index is 844. The van der Waals surface area contributed by atoms with Gasteiger partial charge in [0.25, 0.3) is 0 Å². The molecule has 3 aliphatic rings. The quantitative estimate of drug-likeness (QED) is 0.740. The predicted octanol–water partition coefficient (Wildman–Crippen LogP) is 1.29. The zero-order chi connectivity index (χ0) is 20.4. The molecule has 3 saturated heterocycles. The van der Waals surface area contributed by atoms with Crippen LogP contribution in [0.15, 0.2) is 24.3 Å². The summed E-state index contributed by atoms with van der Waals surface area (Å²) in [4.78, 5) is 28.0. The molecule has 9 heteroatoms. The van der Waals surface area contributed by atoms with Crippen molar-refractivity contribution in [2.24, 2.45) is 0 Å². The summed E-state index contributed by atoms with van der Waals surface area (Å²) in [7, 11) is 0. The summed E-state index contributed by atoms with van der Waals surface area (Å²) in [5, 5.41) is 2.68. The predicted molar refractivity (Wildman–Crippen MR) is 111 cm³/mol. The van der Waals surface area contributed by atoms with Crippen molar-refractivity contribution in [1.29, 1.82) is 0 Å². The molecule has 0 aromatic heterocycles. The minimum absolute atomic E-state index is 0.145. The van der Waals surface area contributed by atoms with E-state index >= 15 is 0 Å². The van der Waals surface area contributed by atoms with Crippen molar-refractivity contribution in [3.05, 3.63) is 24.3 Å². The van der Waals surface area contributed by atoms with Gasteiger partial charge in [0.1, 0.15) is 11.7 Å². The molecule has 1 N–H and O–H groups in total. The van der Waals surface area contributed by atoms with Gasteiger partial charge in [-0.15, -0.1) is 0 Å². The molecule has 156 valence electrons. The first-order valence-electron chi connectivity index (χ1n) is 9.88. The van der Waals surface area contributed by atoms with E-state index in [1.54, 1.807) is 4.90 Å². The monoisotopic (exact) mass is 419 g/mol. The number of anilines is 2. The van der Waals surface area contributed by atoms with Gasteiger partial charge < -0.3 is 19.7 Å². The van der Waals surface area contributed by atoms with Crippen LogP contribution in [0.4, 0.5) is 16.2 Å². The average Bonchev–Trinajstić information content (AvgIpc) is 3.30. The van der Waals surface area contributed by atoms with E-state index in [9.17, 15) is 13.8 Å². The van der Waals surface area contributed by atoms with E-state index in [-0.39, 0.29) is 17.6 Å². The van der Waals surface area contributed by atoms with Crippen molar-refractivity contribution in [3.63, 3.8) is 0 Å². The van der Waals surface area contributed by atoms with Gasteiger partial charge in [0.15, 0.2) is 0 Å². The molecule has 3 heterocycles. The lowest BCUT2D eigenvalue weighted by Gasteiger charge is -2.39. The number of carbonyl (C=O) groups is 2. The maximum atomic E-state index is 12.2. The third-order valence-electron chi connectivity index (χ3n) is 5.87. The number of nitrogens with one attached hydrogen (secondary N) is 1. The molecule has 4 rings (SSSR count). The Balaban J connectivity index is 1.37. The maximum Gasteiger partial charge on any atom is 0.414 e. The summed E-state index contributed by atoms with van der Waals surface area (Å²) in [5.41, 5.74) is 1.51. The lowest BCUT2D eigenvalue weighted by molar-refractivity contribution is -0.119. The summed E-state index contributed by atoms with van der Waals surface area (Å²) in [5.74, 6) is -0.145. The number of hydrogen-bond acceptors (Lipinski definition) is 6. The lowest BCUT2D eigenvalue weighted by Crippen LogP contribution is -2.48. The first kappa shape index (κ1) is 19.9. The van der Waals surface area contributed by atoms with Gasteiger partial charge in [-0.2, -0.15) is 0 Å². The molecule has 1 aromatic rings. The third kappa shape index (κ3) is 4.02. The molecule has 0 unspecified atom stereocenters. The highest BCUT2D eigenvalue weighted by Gasteiger charge is 2.43.